The Morgan fingerprint density at radius 2 is 1.60 bits per heavy atom. The predicted octanol–water partition coefficient (Wildman–Crippen LogP) is 3.20. The van der Waals surface area contributed by atoms with Crippen LogP contribution in [0.15, 0.2) is 57.7 Å². The Bertz CT molecular complexity index is 919. The summed E-state index contributed by atoms with van der Waals surface area (Å²) < 4.78 is 5.36. The molecule has 3 aromatic rings. The fourth-order valence-electron chi connectivity index (χ4n) is 2.86. The maximum Gasteiger partial charge on any atom is 0.344 e. The van der Waals surface area contributed by atoms with E-state index in [9.17, 15) is 9.59 Å². The monoisotopic (exact) mass is 262 g/mol. The Morgan fingerprint density at radius 3 is 2.50 bits per heavy atom. The molecule has 0 unspecified atom stereocenters. The van der Waals surface area contributed by atoms with Gasteiger partial charge in [-0.1, -0.05) is 42.5 Å². The summed E-state index contributed by atoms with van der Waals surface area (Å²) >= 11 is 0. The second-order valence-corrected chi connectivity index (χ2v) is 4.89. The third-order valence-corrected chi connectivity index (χ3v) is 3.73. The zero-order chi connectivity index (χ0) is 13.7. The number of para-hydroxylation sites is 1. The van der Waals surface area contributed by atoms with Crippen LogP contribution in [0.4, 0.5) is 0 Å². The van der Waals surface area contributed by atoms with Crippen molar-refractivity contribution in [3.63, 3.8) is 0 Å². The van der Waals surface area contributed by atoms with Gasteiger partial charge in [-0.15, -0.1) is 0 Å². The summed E-state index contributed by atoms with van der Waals surface area (Å²) in [6, 6.07) is 14.7. The number of benzene rings is 2. The molecule has 4 rings (SSSR count). The molecule has 3 heteroatoms. The molecule has 1 aromatic heterocycles. The van der Waals surface area contributed by atoms with E-state index >= 15 is 0 Å². The summed E-state index contributed by atoms with van der Waals surface area (Å²) in [7, 11) is 0. The van der Waals surface area contributed by atoms with Gasteiger partial charge in [-0.3, -0.25) is 4.79 Å². The molecule has 0 aliphatic heterocycles. The van der Waals surface area contributed by atoms with Gasteiger partial charge in [0, 0.05) is 17.4 Å². The van der Waals surface area contributed by atoms with Crippen molar-refractivity contribution in [3.8, 4) is 11.1 Å². The van der Waals surface area contributed by atoms with Crippen LogP contribution in [0.3, 0.4) is 0 Å². The highest BCUT2D eigenvalue weighted by atomic mass is 16.4. The van der Waals surface area contributed by atoms with E-state index in [1.165, 1.54) is 0 Å². The van der Waals surface area contributed by atoms with E-state index in [0.29, 0.717) is 28.5 Å². The Hall–Kier alpha value is -2.68. The maximum absolute atomic E-state index is 12.4. The molecular weight excluding hydrogens is 252 g/mol. The van der Waals surface area contributed by atoms with Gasteiger partial charge in [0.15, 0.2) is 5.78 Å². The largest absolute Gasteiger partial charge is 0.422 e. The Morgan fingerprint density at radius 1 is 0.850 bits per heavy atom. The molecule has 3 nitrogen and oxygen atoms in total. The summed E-state index contributed by atoms with van der Waals surface area (Å²) in [5.41, 5.74) is 2.60. The number of ketones is 1. The van der Waals surface area contributed by atoms with Gasteiger partial charge in [0.1, 0.15) is 5.58 Å². The first kappa shape index (κ1) is 11.2. The SMILES string of the molecule is O=C1Cc2ccccc2-c2c1c1ccccc1oc2=O. The number of carbonyl (C=O) groups excluding carboxylic acids is 1. The van der Waals surface area contributed by atoms with E-state index in [-0.39, 0.29) is 5.78 Å². The summed E-state index contributed by atoms with van der Waals surface area (Å²) in [6.07, 6.45) is 0.330. The number of carbonyl (C=O) groups is 1. The third kappa shape index (κ3) is 1.40. The third-order valence-electron chi connectivity index (χ3n) is 3.73. The molecule has 0 spiro atoms. The molecule has 1 aliphatic carbocycles. The minimum absolute atomic E-state index is 0.0252. The zero-order valence-corrected chi connectivity index (χ0v) is 10.6. The molecule has 2 aromatic carbocycles. The highest BCUT2D eigenvalue weighted by Gasteiger charge is 2.28. The number of hydrogen-bond acceptors (Lipinski definition) is 3. The van der Waals surface area contributed by atoms with Gasteiger partial charge in [0.25, 0.3) is 0 Å². The first-order valence-electron chi connectivity index (χ1n) is 6.43. The first-order valence-corrected chi connectivity index (χ1v) is 6.43. The maximum atomic E-state index is 12.4. The van der Waals surface area contributed by atoms with Gasteiger partial charge < -0.3 is 4.42 Å². The number of Topliss-reactive ketones (excluding diaryl/α,β-unsaturated/α-hetero) is 1. The molecule has 0 radical (unpaired) electrons. The fourth-order valence-corrected chi connectivity index (χ4v) is 2.86. The minimum atomic E-state index is -0.445. The van der Waals surface area contributed by atoms with Gasteiger partial charge >= 0.3 is 5.63 Å². The summed E-state index contributed by atoms with van der Waals surface area (Å²) in [6.45, 7) is 0. The summed E-state index contributed by atoms with van der Waals surface area (Å²) in [5.74, 6) is -0.0252. The van der Waals surface area contributed by atoms with Gasteiger partial charge in [0.05, 0.1) is 5.56 Å². The van der Waals surface area contributed by atoms with Gasteiger partial charge in [-0.05, 0) is 17.2 Å². The molecule has 1 aliphatic rings. The highest BCUT2D eigenvalue weighted by Crippen LogP contribution is 2.34. The molecule has 0 atom stereocenters. The summed E-state index contributed by atoms with van der Waals surface area (Å²) in [4.78, 5) is 24.7. The van der Waals surface area contributed by atoms with E-state index in [0.717, 1.165) is 11.1 Å². The quantitative estimate of drug-likeness (QED) is 0.584. The van der Waals surface area contributed by atoms with Crippen LogP contribution in [0, 0.1) is 0 Å². The number of fused-ring (bicyclic) bond motifs is 5. The molecule has 96 valence electrons. The standard InChI is InChI=1S/C17H10O3/c18-13-9-10-5-1-2-6-11(10)16-15(13)12-7-3-4-8-14(12)20-17(16)19/h1-8H,9H2. The van der Waals surface area contributed by atoms with Crippen LogP contribution in [0.5, 0.6) is 0 Å². The fraction of sp³-hybridized carbons (Fsp3) is 0.0588. The molecule has 0 saturated heterocycles. The molecular formula is C17H10O3. The first-order chi connectivity index (χ1) is 9.75. The number of rotatable bonds is 0. The average Bonchev–Trinajstić information content (AvgIpc) is 2.47. The Balaban J connectivity index is 2.23. The van der Waals surface area contributed by atoms with Crippen molar-refractivity contribution in [2.75, 3.05) is 0 Å². The topological polar surface area (TPSA) is 47.3 Å². The minimum Gasteiger partial charge on any atom is -0.422 e. The normalized spacial score (nSPS) is 13.1. The van der Waals surface area contributed by atoms with Crippen molar-refractivity contribution in [2.24, 2.45) is 0 Å². The van der Waals surface area contributed by atoms with E-state index in [1.807, 2.05) is 36.4 Å². The van der Waals surface area contributed by atoms with Crippen LogP contribution in [0.2, 0.25) is 0 Å². The van der Waals surface area contributed by atoms with Gasteiger partial charge in [-0.2, -0.15) is 0 Å². The molecule has 0 bridgehead atoms. The Kier molecular flexibility index (Phi) is 2.18. The molecule has 20 heavy (non-hydrogen) atoms. The van der Waals surface area contributed by atoms with Crippen molar-refractivity contribution in [2.45, 2.75) is 6.42 Å². The van der Waals surface area contributed by atoms with Crippen LogP contribution in [-0.4, -0.2) is 5.78 Å². The average molecular weight is 262 g/mol. The van der Waals surface area contributed by atoms with E-state index in [2.05, 4.69) is 0 Å². The van der Waals surface area contributed by atoms with Crippen molar-refractivity contribution < 1.29 is 9.21 Å². The number of hydrogen-bond donors (Lipinski definition) is 0. The highest BCUT2D eigenvalue weighted by molar-refractivity contribution is 6.15. The second-order valence-electron chi connectivity index (χ2n) is 4.89. The van der Waals surface area contributed by atoms with Gasteiger partial charge in [-0.25, -0.2) is 4.79 Å². The zero-order valence-electron chi connectivity index (χ0n) is 10.6. The van der Waals surface area contributed by atoms with Crippen LogP contribution in [-0.2, 0) is 6.42 Å². The van der Waals surface area contributed by atoms with Crippen LogP contribution < -0.4 is 5.63 Å². The van der Waals surface area contributed by atoms with Crippen LogP contribution >= 0.6 is 0 Å². The van der Waals surface area contributed by atoms with Crippen molar-refractivity contribution in [1.82, 2.24) is 0 Å². The molecule has 0 amide bonds. The smallest absolute Gasteiger partial charge is 0.344 e. The van der Waals surface area contributed by atoms with Gasteiger partial charge in [0.2, 0.25) is 0 Å². The molecule has 1 heterocycles. The lowest BCUT2D eigenvalue weighted by molar-refractivity contribution is 0.0993. The predicted molar refractivity (Wildman–Crippen MR) is 76.0 cm³/mol. The lowest BCUT2D eigenvalue weighted by Crippen LogP contribution is -2.19. The lowest BCUT2D eigenvalue weighted by Gasteiger charge is -2.18. The lowest BCUT2D eigenvalue weighted by atomic mass is 9.84. The van der Waals surface area contributed by atoms with Crippen LogP contribution in [0.25, 0.3) is 22.1 Å². The van der Waals surface area contributed by atoms with Crippen molar-refractivity contribution in [3.05, 3.63) is 70.1 Å². The van der Waals surface area contributed by atoms with Crippen molar-refractivity contribution in [1.29, 1.82) is 0 Å². The summed E-state index contributed by atoms with van der Waals surface area (Å²) in [5, 5.41) is 0.710. The second kappa shape index (κ2) is 3.90. The van der Waals surface area contributed by atoms with E-state index in [1.54, 1.807) is 12.1 Å². The molecule has 0 fully saturated rings. The van der Waals surface area contributed by atoms with E-state index in [4.69, 9.17) is 4.42 Å². The van der Waals surface area contributed by atoms with Crippen molar-refractivity contribution >= 4 is 16.8 Å². The van der Waals surface area contributed by atoms with E-state index < -0.39 is 5.63 Å². The Labute approximate surface area is 114 Å². The van der Waals surface area contributed by atoms with Crippen LogP contribution in [0.1, 0.15) is 15.9 Å². The molecule has 0 saturated carbocycles. The molecule has 0 N–H and O–H groups in total.